The van der Waals surface area contributed by atoms with Gasteiger partial charge in [-0.3, -0.25) is 4.79 Å². The van der Waals surface area contributed by atoms with Crippen LogP contribution in [0.15, 0.2) is 52.4 Å². The summed E-state index contributed by atoms with van der Waals surface area (Å²) in [5.74, 6) is 0.652. The predicted octanol–water partition coefficient (Wildman–Crippen LogP) is 5.21. The SMILES string of the molecule is Cc1ccc(O)c(C=Nn2c(-c3ccccc3C)nc3sc4c(c3c2=O)CCCC4)c1. The molecule has 1 aliphatic carbocycles. The topological polar surface area (TPSA) is 67.5 Å². The van der Waals surface area contributed by atoms with E-state index in [4.69, 9.17) is 4.98 Å². The fraction of sp³-hybridized carbons (Fsp3) is 0.240. The first-order chi connectivity index (χ1) is 15.0. The fourth-order valence-corrected chi connectivity index (χ4v) is 5.45. The molecule has 1 aliphatic rings. The number of nitrogens with zero attached hydrogens (tertiary/aromatic N) is 3. The van der Waals surface area contributed by atoms with Gasteiger partial charge in [0.05, 0.1) is 11.6 Å². The Kier molecular flexibility index (Phi) is 4.94. The predicted molar refractivity (Wildman–Crippen MR) is 127 cm³/mol. The molecular formula is C25H23N3O2S. The Balaban J connectivity index is 1.78. The van der Waals surface area contributed by atoms with Gasteiger partial charge in [-0.2, -0.15) is 9.78 Å². The molecule has 0 aliphatic heterocycles. The highest BCUT2D eigenvalue weighted by molar-refractivity contribution is 7.18. The van der Waals surface area contributed by atoms with Gasteiger partial charge in [0.25, 0.3) is 5.56 Å². The fourth-order valence-electron chi connectivity index (χ4n) is 4.20. The molecule has 2 aromatic carbocycles. The summed E-state index contributed by atoms with van der Waals surface area (Å²) < 4.78 is 1.40. The number of rotatable bonds is 3. The summed E-state index contributed by atoms with van der Waals surface area (Å²) in [4.78, 5) is 20.7. The molecule has 2 heterocycles. The Morgan fingerprint density at radius 2 is 1.94 bits per heavy atom. The maximum Gasteiger partial charge on any atom is 0.283 e. The number of aryl methyl sites for hydroxylation is 4. The van der Waals surface area contributed by atoms with Gasteiger partial charge in [0.15, 0.2) is 5.82 Å². The second kappa shape index (κ2) is 7.78. The summed E-state index contributed by atoms with van der Waals surface area (Å²) in [7, 11) is 0. The third kappa shape index (κ3) is 3.47. The molecule has 0 saturated carbocycles. The van der Waals surface area contributed by atoms with E-state index in [1.807, 2.05) is 50.2 Å². The molecule has 4 aromatic rings. The lowest BCUT2D eigenvalue weighted by Gasteiger charge is -2.12. The lowest BCUT2D eigenvalue weighted by atomic mass is 9.97. The van der Waals surface area contributed by atoms with Crippen LogP contribution >= 0.6 is 11.3 Å². The number of phenols is 1. The minimum Gasteiger partial charge on any atom is -0.507 e. The van der Waals surface area contributed by atoms with Gasteiger partial charge >= 0.3 is 0 Å². The van der Waals surface area contributed by atoms with E-state index < -0.39 is 0 Å². The first kappa shape index (κ1) is 19.7. The number of fused-ring (bicyclic) bond motifs is 3. The Morgan fingerprint density at radius 3 is 2.77 bits per heavy atom. The van der Waals surface area contributed by atoms with E-state index in [0.29, 0.717) is 16.8 Å². The lowest BCUT2D eigenvalue weighted by molar-refractivity contribution is 0.474. The van der Waals surface area contributed by atoms with Crippen molar-refractivity contribution < 1.29 is 5.11 Å². The summed E-state index contributed by atoms with van der Waals surface area (Å²) in [5, 5.41) is 15.4. The molecule has 0 spiro atoms. The molecule has 0 atom stereocenters. The van der Waals surface area contributed by atoms with Gasteiger partial charge in [0.2, 0.25) is 0 Å². The number of aromatic hydroxyl groups is 1. The van der Waals surface area contributed by atoms with E-state index in [9.17, 15) is 9.90 Å². The van der Waals surface area contributed by atoms with E-state index in [1.54, 1.807) is 17.4 Å². The summed E-state index contributed by atoms with van der Waals surface area (Å²) in [5.41, 5.74) is 4.46. The molecule has 1 N–H and O–H groups in total. The standard InChI is InChI=1S/C25H23N3O2S/c1-15-11-12-20(29)17(13-15)14-26-28-23(18-8-4-3-7-16(18)2)27-24-22(25(28)30)19-9-5-6-10-21(19)31-24/h3-4,7-8,11-14,29H,5-6,9-10H2,1-2H3. The highest BCUT2D eigenvalue weighted by Crippen LogP contribution is 2.35. The highest BCUT2D eigenvalue weighted by Gasteiger charge is 2.23. The van der Waals surface area contributed by atoms with Crippen LogP contribution in [0.5, 0.6) is 5.75 Å². The average molecular weight is 430 g/mol. The number of thiophene rings is 1. The van der Waals surface area contributed by atoms with E-state index in [1.165, 1.54) is 15.8 Å². The summed E-state index contributed by atoms with van der Waals surface area (Å²) in [6.07, 6.45) is 5.72. The molecule has 2 aromatic heterocycles. The summed E-state index contributed by atoms with van der Waals surface area (Å²) in [6.45, 7) is 3.96. The third-order valence-corrected chi connectivity index (χ3v) is 7.03. The van der Waals surface area contributed by atoms with Crippen molar-refractivity contribution in [2.45, 2.75) is 39.5 Å². The summed E-state index contributed by atoms with van der Waals surface area (Å²) >= 11 is 1.64. The normalized spacial score (nSPS) is 13.7. The Morgan fingerprint density at radius 1 is 1.13 bits per heavy atom. The second-order valence-electron chi connectivity index (χ2n) is 8.07. The average Bonchev–Trinajstić information content (AvgIpc) is 3.14. The number of aromatic nitrogens is 2. The van der Waals surface area contributed by atoms with Gasteiger partial charge in [0.1, 0.15) is 10.6 Å². The van der Waals surface area contributed by atoms with E-state index in [-0.39, 0.29) is 11.3 Å². The first-order valence-corrected chi connectivity index (χ1v) is 11.3. The number of benzene rings is 2. The number of phenolic OH excluding ortho intramolecular Hbond substituents is 1. The van der Waals surface area contributed by atoms with Gasteiger partial charge < -0.3 is 5.11 Å². The maximum absolute atomic E-state index is 13.7. The van der Waals surface area contributed by atoms with Crippen molar-refractivity contribution in [3.63, 3.8) is 0 Å². The van der Waals surface area contributed by atoms with Gasteiger partial charge in [-0.1, -0.05) is 35.9 Å². The van der Waals surface area contributed by atoms with Crippen molar-refractivity contribution in [2.75, 3.05) is 0 Å². The van der Waals surface area contributed by atoms with Crippen molar-refractivity contribution >= 4 is 27.8 Å². The second-order valence-corrected chi connectivity index (χ2v) is 9.15. The minimum absolute atomic E-state index is 0.127. The molecular weight excluding hydrogens is 406 g/mol. The minimum atomic E-state index is -0.147. The molecule has 0 unspecified atom stereocenters. The first-order valence-electron chi connectivity index (χ1n) is 10.5. The van der Waals surface area contributed by atoms with Crippen molar-refractivity contribution in [3.05, 3.63) is 79.9 Å². The van der Waals surface area contributed by atoms with Gasteiger partial charge in [0, 0.05) is 16.0 Å². The number of hydrogen-bond donors (Lipinski definition) is 1. The molecule has 156 valence electrons. The van der Waals surface area contributed by atoms with Crippen molar-refractivity contribution in [2.24, 2.45) is 5.10 Å². The molecule has 0 bridgehead atoms. The van der Waals surface area contributed by atoms with Crippen LogP contribution in [-0.4, -0.2) is 21.0 Å². The molecule has 6 heteroatoms. The van der Waals surface area contributed by atoms with E-state index in [2.05, 4.69) is 5.10 Å². The Labute approximate surface area is 184 Å². The summed E-state index contributed by atoms with van der Waals surface area (Å²) in [6, 6.07) is 13.2. The molecule has 31 heavy (non-hydrogen) atoms. The van der Waals surface area contributed by atoms with Crippen molar-refractivity contribution in [1.82, 2.24) is 9.66 Å². The molecule has 5 nitrogen and oxygen atoms in total. The third-order valence-electron chi connectivity index (χ3n) is 5.85. The number of hydrogen-bond acceptors (Lipinski definition) is 5. The smallest absolute Gasteiger partial charge is 0.283 e. The van der Waals surface area contributed by atoms with Gasteiger partial charge in [-0.15, -0.1) is 11.3 Å². The Bertz CT molecular complexity index is 1400. The van der Waals surface area contributed by atoms with Crippen LogP contribution in [0.2, 0.25) is 0 Å². The van der Waals surface area contributed by atoms with Crippen LogP contribution < -0.4 is 5.56 Å². The Hall–Kier alpha value is -3.25. The molecule has 0 radical (unpaired) electrons. The van der Waals surface area contributed by atoms with Crippen LogP contribution in [0.3, 0.4) is 0 Å². The van der Waals surface area contributed by atoms with Crippen LogP contribution in [0.4, 0.5) is 0 Å². The molecule has 0 amide bonds. The largest absolute Gasteiger partial charge is 0.507 e. The van der Waals surface area contributed by atoms with Gasteiger partial charge in [-0.05, 0) is 62.8 Å². The van der Waals surface area contributed by atoms with Crippen LogP contribution in [0, 0.1) is 13.8 Å². The zero-order valence-corrected chi connectivity index (χ0v) is 18.4. The van der Waals surface area contributed by atoms with Crippen LogP contribution in [-0.2, 0) is 12.8 Å². The van der Waals surface area contributed by atoms with E-state index >= 15 is 0 Å². The molecule has 0 saturated heterocycles. The molecule has 0 fully saturated rings. The highest BCUT2D eigenvalue weighted by atomic mass is 32.1. The van der Waals surface area contributed by atoms with Crippen molar-refractivity contribution in [1.29, 1.82) is 0 Å². The van der Waals surface area contributed by atoms with Crippen molar-refractivity contribution in [3.8, 4) is 17.1 Å². The van der Waals surface area contributed by atoms with Crippen LogP contribution in [0.25, 0.3) is 21.6 Å². The quantitative estimate of drug-likeness (QED) is 0.455. The lowest BCUT2D eigenvalue weighted by Crippen LogP contribution is -2.21. The maximum atomic E-state index is 13.7. The van der Waals surface area contributed by atoms with E-state index in [0.717, 1.165) is 52.8 Å². The zero-order chi connectivity index (χ0) is 21.5. The van der Waals surface area contributed by atoms with Crippen LogP contribution in [0.1, 0.15) is 40.0 Å². The monoisotopic (exact) mass is 429 g/mol. The zero-order valence-electron chi connectivity index (χ0n) is 17.6. The molecule has 5 rings (SSSR count). The van der Waals surface area contributed by atoms with Gasteiger partial charge in [-0.25, -0.2) is 4.98 Å².